The van der Waals surface area contributed by atoms with Crippen molar-refractivity contribution < 1.29 is 9.53 Å². The number of carbonyl (C=O) groups excluding carboxylic acids is 1. The molecule has 0 fully saturated rings. The average molecular weight is 347 g/mol. The van der Waals surface area contributed by atoms with Crippen molar-refractivity contribution in [3.63, 3.8) is 0 Å². The fourth-order valence-electron chi connectivity index (χ4n) is 3.24. The maximum Gasteiger partial charge on any atom is 0.272 e. The van der Waals surface area contributed by atoms with Crippen LogP contribution in [0.2, 0.25) is 0 Å². The van der Waals surface area contributed by atoms with Crippen LogP contribution in [0.25, 0.3) is 10.9 Å². The van der Waals surface area contributed by atoms with E-state index < -0.39 is 0 Å². The molecule has 0 aliphatic carbocycles. The molecule has 0 aliphatic heterocycles. The summed E-state index contributed by atoms with van der Waals surface area (Å²) in [6.07, 6.45) is 0. The normalized spacial score (nSPS) is 10.5. The molecule has 0 aliphatic rings. The van der Waals surface area contributed by atoms with Gasteiger partial charge in [0.25, 0.3) is 5.91 Å². The van der Waals surface area contributed by atoms with E-state index in [1.54, 1.807) is 24.3 Å². The summed E-state index contributed by atoms with van der Waals surface area (Å²) in [5.74, 6) is 0.610. The van der Waals surface area contributed by atoms with E-state index in [0.29, 0.717) is 30.1 Å². The van der Waals surface area contributed by atoms with Gasteiger partial charge in [-0.2, -0.15) is 5.26 Å². The highest BCUT2D eigenvalue weighted by Gasteiger charge is 2.20. The van der Waals surface area contributed by atoms with E-state index in [1.165, 1.54) is 0 Å². The molecule has 5 nitrogen and oxygen atoms in total. The van der Waals surface area contributed by atoms with Gasteiger partial charge in [0.2, 0.25) is 0 Å². The third-order valence-corrected chi connectivity index (χ3v) is 4.38. The Morgan fingerprint density at radius 3 is 2.73 bits per heavy atom. The third-order valence-electron chi connectivity index (χ3n) is 4.38. The molecule has 0 unspecified atom stereocenters. The molecule has 3 aromatic rings. The number of nitriles is 1. The second-order valence-corrected chi connectivity index (χ2v) is 5.98. The van der Waals surface area contributed by atoms with E-state index in [2.05, 4.69) is 11.4 Å². The van der Waals surface area contributed by atoms with Crippen molar-refractivity contribution in [2.45, 2.75) is 27.3 Å². The Labute approximate surface area is 152 Å². The number of nitrogens with zero attached hydrogens (tertiary/aromatic N) is 2. The number of hydrogen-bond donors (Lipinski definition) is 1. The summed E-state index contributed by atoms with van der Waals surface area (Å²) < 4.78 is 7.60. The Bertz CT molecular complexity index is 1010. The van der Waals surface area contributed by atoms with Gasteiger partial charge in [-0.1, -0.05) is 6.07 Å². The van der Waals surface area contributed by atoms with Gasteiger partial charge in [-0.05, 0) is 62.7 Å². The zero-order chi connectivity index (χ0) is 18.7. The Morgan fingerprint density at radius 1 is 1.23 bits per heavy atom. The van der Waals surface area contributed by atoms with E-state index >= 15 is 0 Å². The molecular weight excluding hydrogens is 326 g/mol. The van der Waals surface area contributed by atoms with E-state index in [1.807, 2.05) is 43.5 Å². The van der Waals surface area contributed by atoms with Crippen LogP contribution in [-0.2, 0) is 6.54 Å². The largest absolute Gasteiger partial charge is 0.494 e. The maximum absolute atomic E-state index is 12.9. The third kappa shape index (κ3) is 3.14. The number of nitrogens with one attached hydrogen (secondary N) is 1. The Kier molecular flexibility index (Phi) is 4.94. The highest BCUT2D eigenvalue weighted by Crippen LogP contribution is 2.30. The van der Waals surface area contributed by atoms with Crippen molar-refractivity contribution in [2.24, 2.45) is 0 Å². The van der Waals surface area contributed by atoms with Crippen molar-refractivity contribution in [1.82, 2.24) is 4.57 Å². The van der Waals surface area contributed by atoms with Gasteiger partial charge in [-0.25, -0.2) is 0 Å². The van der Waals surface area contributed by atoms with Crippen LogP contribution in [0.15, 0.2) is 42.5 Å². The summed E-state index contributed by atoms with van der Waals surface area (Å²) >= 11 is 0. The molecule has 0 saturated carbocycles. The van der Waals surface area contributed by atoms with Crippen LogP contribution in [0.3, 0.4) is 0 Å². The first-order valence-electron chi connectivity index (χ1n) is 8.66. The molecule has 2 aromatic carbocycles. The quantitative estimate of drug-likeness (QED) is 0.739. The van der Waals surface area contributed by atoms with Crippen LogP contribution in [0.4, 0.5) is 5.69 Å². The van der Waals surface area contributed by atoms with Crippen molar-refractivity contribution in [3.8, 4) is 11.8 Å². The second-order valence-electron chi connectivity index (χ2n) is 5.98. The zero-order valence-corrected chi connectivity index (χ0v) is 15.2. The smallest absolute Gasteiger partial charge is 0.272 e. The summed E-state index contributed by atoms with van der Waals surface area (Å²) in [4.78, 5) is 12.9. The predicted octanol–water partition coefficient (Wildman–Crippen LogP) is 4.49. The molecule has 132 valence electrons. The van der Waals surface area contributed by atoms with Crippen LogP contribution in [-0.4, -0.2) is 17.1 Å². The molecule has 1 N–H and O–H groups in total. The monoisotopic (exact) mass is 347 g/mol. The minimum Gasteiger partial charge on any atom is -0.494 e. The number of aromatic nitrogens is 1. The maximum atomic E-state index is 12.9. The lowest BCUT2D eigenvalue weighted by Crippen LogP contribution is -2.17. The molecule has 1 amide bonds. The molecule has 3 rings (SSSR count). The summed E-state index contributed by atoms with van der Waals surface area (Å²) in [5, 5.41) is 12.9. The van der Waals surface area contributed by atoms with E-state index in [-0.39, 0.29) is 5.91 Å². The molecule has 1 heterocycles. The van der Waals surface area contributed by atoms with Gasteiger partial charge in [0.15, 0.2) is 0 Å². The van der Waals surface area contributed by atoms with E-state index in [0.717, 1.165) is 22.2 Å². The van der Waals surface area contributed by atoms with Gasteiger partial charge in [0.1, 0.15) is 11.4 Å². The highest BCUT2D eigenvalue weighted by atomic mass is 16.5. The van der Waals surface area contributed by atoms with Gasteiger partial charge in [0.05, 0.1) is 18.2 Å². The molecule has 1 aromatic heterocycles. The topological polar surface area (TPSA) is 67.0 Å². The van der Waals surface area contributed by atoms with Crippen LogP contribution in [0.1, 0.15) is 35.5 Å². The first-order chi connectivity index (χ1) is 12.6. The standard InChI is InChI=1S/C21H21N3O2/c1-4-24-19-10-9-17(26-5-2)12-18(19)14(3)20(24)21(25)23-16-8-6-7-15(11-16)13-22/h6-12H,4-5H2,1-3H3,(H,23,25). The number of amides is 1. The predicted molar refractivity (Wildman–Crippen MR) is 103 cm³/mol. The van der Waals surface area contributed by atoms with Crippen LogP contribution in [0, 0.1) is 18.3 Å². The first kappa shape index (κ1) is 17.6. The summed E-state index contributed by atoms with van der Waals surface area (Å²) in [5.41, 5.74) is 3.66. The minimum atomic E-state index is -0.186. The van der Waals surface area contributed by atoms with Crippen molar-refractivity contribution in [2.75, 3.05) is 11.9 Å². The summed E-state index contributed by atoms with van der Waals surface area (Å²) in [7, 11) is 0. The van der Waals surface area contributed by atoms with Gasteiger partial charge in [0, 0.05) is 23.1 Å². The SMILES string of the molecule is CCOc1ccc2c(c1)c(C)c(C(=O)Nc1cccc(C#N)c1)n2CC. The number of benzene rings is 2. The van der Waals surface area contributed by atoms with Crippen molar-refractivity contribution in [1.29, 1.82) is 5.26 Å². The molecular formula is C21H21N3O2. The van der Waals surface area contributed by atoms with E-state index in [4.69, 9.17) is 10.00 Å². The summed E-state index contributed by atoms with van der Waals surface area (Å²) in [6, 6.07) is 14.9. The number of carbonyl (C=O) groups is 1. The van der Waals surface area contributed by atoms with Crippen molar-refractivity contribution >= 4 is 22.5 Å². The molecule has 0 saturated heterocycles. The average Bonchev–Trinajstić information content (AvgIpc) is 2.94. The number of hydrogen-bond acceptors (Lipinski definition) is 3. The summed E-state index contributed by atoms with van der Waals surface area (Å²) in [6.45, 7) is 7.19. The fourth-order valence-corrected chi connectivity index (χ4v) is 3.24. The van der Waals surface area contributed by atoms with Gasteiger partial charge >= 0.3 is 0 Å². The fraction of sp³-hybridized carbons (Fsp3) is 0.238. The van der Waals surface area contributed by atoms with Gasteiger partial charge < -0.3 is 14.6 Å². The first-order valence-corrected chi connectivity index (χ1v) is 8.66. The van der Waals surface area contributed by atoms with Gasteiger partial charge in [-0.3, -0.25) is 4.79 Å². The molecule has 5 heteroatoms. The van der Waals surface area contributed by atoms with Crippen LogP contribution >= 0.6 is 0 Å². The highest BCUT2D eigenvalue weighted by molar-refractivity contribution is 6.08. The zero-order valence-electron chi connectivity index (χ0n) is 15.2. The lowest BCUT2D eigenvalue weighted by atomic mass is 10.1. The Balaban J connectivity index is 2.04. The second kappa shape index (κ2) is 7.32. The number of rotatable bonds is 5. The molecule has 26 heavy (non-hydrogen) atoms. The molecule has 0 bridgehead atoms. The number of anilines is 1. The van der Waals surface area contributed by atoms with Gasteiger partial charge in [-0.15, -0.1) is 0 Å². The van der Waals surface area contributed by atoms with Crippen molar-refractivity contribution in [3.05, 3.63) is 59.3 Å². The lowest BCUT2D eigenvalue weighted by Gasteiger charge is -2.10. The Hall–Kier alpha value is -3.26. The molecule has 0 atom stereocenters. The van der Waals surface area contributed by atoms with Crippen LogP contribution < -0.4 is 10.1 Å². The van der Waals surface area contributed by atoms with E-state index in [9.17, 15) is 4.79 Å². The van der Waals surface area contributed by atoms with Crippen LogP contribution in [0.5, 0.6) is 5.75 Å². The lowest BCUT2D eigenvalue weighted by molar-refractivity contribution is 0.101. The number of ether oxygens (including phenoxy) is 1. The molecule has 0 spiro atoms. The Morgan fingerprint density at radius 2 is 2.04 bits per heavy atom. The molecule has 0 radical (unpaired) electrons. The minimum absolute atomic E-state index is 0.186. The number of aryl methyl sites for hydroxylation is 2. The number of fused-ring (bicyclic) bond motifs is 1.